The van der Waals surface area contributed by atoms with Crippen LogP contribution in [0.1, 0.15) is 69.9 Å². The first-order valence-electron chi connectivity index (χ1n) is 15.3. The molecule has 0 spiro atoms. The van der Waals surface area contributed by atoms with E-state index in [1.54, 1.807) is 19.2 Å². The van der Waals surface area contributed by atoms with Crippen molar-refractivity contribution < 1.29 is 22.7 Å². The van der Waals surface area contributed by atoms with Crippen LogP contribution in [0.25, 0.3) is 0 Å². The Morgan fingerprint density at radius 3 is 2.00 bits per heavy atom. The number of sulfonamides is 1. The monoisotopic (exact) mass is 595 g/mol. The van der Waals surface area contributed by atoms with E-state index >= 15 is 0 Å². The molecule has 0 heterocycles. The van der Waals surface area contributed by atoms with Gasteiger partial charge in [-0.2, -0.15) is 0 Å². The third-order valence-corrected chi connectivity index (χ3v) is 10.9. The first kappa shape index (κ1) is 30.4. The Bertz CT molecular complexity index is 1340. The molecule has 4 bridgehead atoms. The van der Waals surface area contributed by atoms with Crippen molar-refractivity contribution in [1.29, 1.82) is 0 Å². The maximum absolute atomic E-state index is 13.9. The van der Waals surface area contributed by atoms with Gasteiger partial charge in [-0.25, -0.2) is 8.42 Å². The van der Waals surface area contributed by atoms with Gasteiger partial charge in [-0.15, -0.1) is 0 Å². The molecule has 0 saturated heterocycles. The van der Waals surface area contributed by atoms with Crippen LogP contribution in [-0.4, -0.2) is 57.6 Å². The molecule has 0 aromatic heterocycles. The molecule has 42 heavy (non-hydrogen) atoms. The number of hydrogen-bond acceptors (Lipinski definition) is 5. The minimum Gasteiger partial charge on any atom is -0.497 e. The molecule has 0 aliphatic heterocycles. The van der Waals surface area contributed by atoms with Crippen molar-refractivity contribution in [3.8, 4) is 5.75 Å². The van der Waals surface area contributed by atoms with Gasteiger partial charge in [-0.05, 0) is 110 Å². The Morgan fingerprint density at radius 2 is 1.52 bits per heavy atom. The van der Waals surface area contributed by atoms with Gasteiger partial charge < -0.3 is 15.0 Å². The number of rotatable bonds is 12. The maximum atomic E-state index is 13.9. The molecule has 228 valence electrons. The Kier molecular flexibility index (Phi) is 8.88. The molecule has 4 saturated carbocycles. The van der Waals surface area contributed by atoms with Gasteiger partial charge in [-0.1, -0.05) is 31.2 Å². The van der Waals surface area contributed by atoms with E-state index in [4.69, 9.17) is 4.74 Å². The Hall–Kier alpha value is -3.07. The molecule has 0 unspecified atom stereocenters. The van der Waals surface area contributed by atoms with Crippen LogP contribution in [0, 0.1) is 17.8 Å². The summed E-state index contributed by atoms with van der Waals surface area (Å²) in [6.07, 6.45) is 9.30. The summed E-state index contributed by atoms with van der Waals surface area (Å²) in [4.78, 5) is 28.4. The number of nitrogens with one attached hydrogen (secondary N) is 1. The fourth-order valence-electron chi connectivity index (χ4n) is 8.20. The number of amides is 2. The average molecular weight is 596 g/mol. The second-order valence-electron chi connectivity index (χ2n) is 12.7. The van der Waals surface area contributed by atoms with Crippen LogP contribution in [0.15, 0.2) is 48.5 Å². The molecule has 0 radical (unpaired) electrons. The highest BCUT2D eigenvalue weighted by Crippen LogP contribution is 2.60. The Balaban J connectivity index is 1.40. The zero-order valence-corrected chi connectivity index (χ0v) is 26.2. The fourth-order valence-corrected chi connectivity index (χ4v) is 9.05. The van der Waals surface area contributed by atoms with Crippen LogP contribution in [-0.2, 0) is 31.6 Å². The highest BCUT2D eigenvalue weighted by atomic mass is 32.2. The SMILES string of the molecule is CCNC(=O)[C@@H](CC)N(Cc1ccc(OC)cc1)C(=O)CN(c1ccc(C23CC4CC(CC(C4)C2)C3)cc1)S(C)(=O)=O. The zero-order chi connectivity index (χ0) is 30.1. The van der Waals surface area contributed by atoms with Crippen LogP contribution in [0.2, 0.25) is 0 Å². The van der Waals surface area contributed by atoms with Crippen molar-refractivity contribution in [3.05, 3.63) is 59.7 Å². The van der Waals surface area contributed by atoms with Gasteiger partial charge in [0, 0.05) is 13.1 Å². The third-order valence-electron chi connectivity index (χ3n) is 9.73. The number of hydrogen-bond donors (Lipinski definition) is 1. The van der Waals surface area contributed by atoms with E-state index in [-0.39, 0.29) is 24.4 Å². The van der Waals surface area contributed by atoms with Crippen molar-refractivity contribution in [2.45, 2.75) is 76.8 Å². The number of methoxy groups -OCH3 is 1. The van der Waals surface area contributed by atoms with Gasteiger partial charge in [0.05, 0.1) is 19.1 Å². The van der Waals surface area contributed by atoms with Gasteiger partial charge in [0.15, 0.2) is 0 Å². The van der Waals surface area contributed by atoms with Gasteiger partial charge in [0.25, 0.3) is 0 Å². The number of benzene rings is 2. The first-order valence-corrected chi connectivity index (χ1v) is 17.2. The summed E-state index contributed by atoms with van der Waals surface area (Å²) in [5, 5.41) is 2.83. The van der Waals surface area contributed by atoms with Crippen LogP contribution in [0.5, 0.6) is 5.75 Å². The molecule has 1 N–H and O–H groups in total. The van der Waals surface area contributed by atoms with Gasteiger partial charge >= 0.3 is 0 Å². The largest absolute Gasteiger partial charge is 0.497 e. The normalized spacial score (nSPS) is 25.1. The van der Waals surface area contributed by atoms with Crippen LogP contribution >= 0.6 is 0 Å². The Labute approximate surface area is 250 Å². The number of ether oxygens (including phenoxy) is 1. The van der Waals surface area contributed by atoms with Gasteiger partial charge in [-0.3, -0.25) is 13.9 Å². The van der Waals surface area contributed by atoms with Crippen molar-refractivity contribution in [3.63, 3.8) is 0 Å². The van der Waals surface area contributed by atoms with Crippen molar-refractivity contribution >= 4 is 27.5 Å². The lowest BCUT2D eigenvalue weighted by Crippen LogP contribution is -2.52. The smallest absolute Gasteiger partial charge is 0.244 e. The summed E-state index contributed by atoms with van der Waals surface area (Å²) in [5.41, 5.74) is 2.79. The molecule has 4 fully saturated rings. The standard InChI is InChI=1S/C33H45N3O5S/c1-5-30(32(38)34-6-2)35(21-23-7-13-29(41-3)14-8-23)31(37)22-36(42(4,39)40)28-11-9-27(10-12-28)33-18-24-15-25(19-33)17-26(16-24)20-33/h7-14,24-26,30H,5-6,15-22H2,1-4H3,(H,34,38)/t24?,25?,26?,30-,33?/m1/s1. The second kappa shape index (κ2) is 12.3. The molecule has 4 aliphatic carbocycles. The van der Waals surface area contributed by atoms with E-state index in [0.29, 0.717) is 24.4 Å². The summed E-state index contributed by atoms with van der Waals surface area (Å²) in [5.74, 6) is 2.44. The molecule has 9 heteroatoms. The summed E-state index contributed by atoms with van der Waals surface area (Å²) in [7, 11) is -2.19. The number of anilines is 1. The lowest BCUT2D eigenvalue weighted by molar-refractivity contribution is -0.140. The summed E-state index contributed by atoms with van der Waals surface area (Å²) in [6.45, 7) is 3.90. The number of carbonyl (C=O) groups excluding carboxylic acids is 2. The van der Waals surface area contributed by atoms with Gasteiger partial charge in [0.2, 0.25) is 21.8 Å². The predicted molar refractivity (Wildman–Crippen MR) is 165 cm³/mol. The molecule has 4 aliphatic rings. The molecule has 8 nitrogen and oxygen atoms in total. The van der Waals surface area contributed by atoms with Crippen LogP contribution < -0.4 is 14.4 Å². The summed E-state index contributed by atoms with van der Waals surface area (Å²) in [6, 6.07) is 14.5. The average Bonchev–Trinajstić information content (AvgIpc) is 2.95. The highest BCUT2D eigenvalue weighted by Gasteiger charge is 2.51. The minimum absolute atomic E-state index is 0.168. The highest BCUT2D eigenvalue weighted by molar-refractivity contribution is 7.92. The van der Waals surface area contributed by atoms with E-state index in [0.717, 1.165) is 29.6 Å². The van der Waals surface area contributed by atoms with Crippen molar-refractivity contribution in [1.82, 2.24) is 10.2 Å². The first-order chi connectivity index (χ1) is 20.0. The van der Waals surface area contributed by atoms with E-state index in [1.807, 2.05) is 38.1 Å². The lowest BCUT2D eigenvalue weighted by Gasteiger charge is -2.57. The van der Waals surface area contributed by atoms with Crippen molar-refractivity contribution in [2.75, 3.05) is 30.8 Å². The van der Waals surface area contributed by atoms with Crippen LogP contribution in [0.3, 0.4) is 0 Å². The van der Waals surface area contributed by atoms with E-state index < -0.39 is 22.0 Å². The lowest BCUT2D eigenvalue weighted by atomic mass is 9.48. The number of carbonyl (C=O) groups is 2. The minimum atomic E-state index is -3.78. The molecular formula is C33H45N3O5S. The quantitative estimate of drug-likeness (QED) is 0.378. The molecular weight excluding hydrogens is 550 g/mol. The molecule has 2 amide bonds. The fraction of sp³-hybridized carbons (Fsp3) is 0.576. The molecule has 6 rings (SSSR count). The van der Waals surface area contributed by atoms with E-state index in [2.05, 4.69) is 17.4 Å². The predicted octanol–water partition coefficient (Wildman–Crippen LogP) is 4.87. The van der Waals surface area contributed by atoms with Gasteiger partial charge in [0.1, 0.15) is 18.3 Å². The Morgan fingerprint density at radius 1 is 0.952 bits per heavy atom. The van der Waals surface area contributed by atoms with Crippen LogP contribution in [0.4, 0.5) is 5.69 Å². The number of nitrogens with zero attached hydrogens (tertiary/aromatic N) is 2. The molecule has 1 atom stereocenters. The third kappa shape index (κ3) is 6.31. The molecule has 2 aromatic carbocycles. The van der Waals surface area contributed by atoms with E-state index in [9.17, 15) is 18.0 Å². The van der Waals surface area contributed by atoms with E-state index in [1.165, 1.54) is 53.3 Å². The van der Waals surface area contributed by atoms with Crippen molar-refractivity contribution in [2.24, 2.45) is 17.8 Å². The molecule has 2 aromatic rings. The second-order valence-corrected chi connectivity index (χ2v) is 14.6. The maximum Gasteiger partial charge on any atom is 0.244 e. The topological polar surface area (TPSA) is 96.0 Å². The summed E-state index contributed by atoms with van der Waals surface area (Å²) >= 11 is 0. The zero-order valence-electron chi connectivity index (χ0n) is 25.3. The number of likely N-dealkylation sites (N-methyl/N-ethyl adjacent to an activating group) is 1. The summed E-state index contributed by atoms with van der Waals surface area (Å²) < 4.78 is 32.6.